The summed E-state index contributed by atoms with van der Waals surface area (Å²) in [6.07, 6.45) is 0. The number of aromatic nitrogens is 2. The fourth-order valence-corrected chi connectivity index (χ4v) is 2.92. The molecule has 6 nitrogen and oxygen atoms in total. The van der Waals surface area contributed by atoms with Gasteiger partial charge in [0.1, 0.15) is 12.4 Å². The first-order valence-electron chi connectivity index (χ1n) is 9.55. The van der Waals surface area contributed by atoms with Gasteiger partial charge in [0.05, 0.1) is 18.2 Å². The van der Waals surface area contributed by atoms with Gasteiger partial charge < -0.3 is 14.6 Å². The highest BCUT2D eigenvalue weighted by atomic mass is 16.5. The van der Waals surface area contributed by atoms with Gasteiger partial charge in [-0.1, -0.05) is 53.2 Å². The third kappa shape index (κ3) is 4.83. The van der Waals surface area contributed by atoms with Gasteiger partial charge in [-0.25, -0.2) is 0 Å². The van der Waals surface area contributed by atoms with Crippen molar-refractivity contribution in [3.05, 3.63) is 95.4 Å². The predicted molar refractivity (Wildman–Crippen MR) is 114 cm³/mol. The molecule has 1 N–H and O–H groups in total. The fraction of sp³-hybridized carbons (Fsp3) is 0.125. The molecule has 0 spiro atoms. The van der Waals surface area contributed by atoms with Crippen molar-refractivity contribution in [3.8, 4) is 23.2 Å². The second kappa shape index (κ2) is 8.93. The number of aryl methyl sites for hydroxylation is 1. The molecule has 1 heterocycles. The van der Waals surface area contributed by atoms with Crippen molar-refractivity contribution >= 4 is 5.69 Å². The van der Waals surface area contributed by atoms with E-state index in [2.05, 4.69) is 21.5 Å². The summed E-state index contributed by atoms with van der Waals surface area (Å²) in [5, 5.41) is 16.3. The van der Waals surface area contributed by atoms with Crippen molar-refractivity contribution in [2.45, 2.75) is 20.1 Å². The summed E-state index contributed by atoms with van der Waals surface area (Å²) >= 11 is 0. The molecule has 3 aromatic carbocycles. The van der Waals surface area contributed by atoms with Gasteiger partial charge in [0.25, 0.3) is 0 Å². The van der Waals surface area contributed by atoms with Gasteiger partial charge in [0, 0.05) is 17.3 Å². The quantitative estimate of drug-likeness (QED) is 0.467. The second-order valence-corrected chi connectivity index (χ2v) is 6.86. The van der Waals surface area contributed by atoms with Crippen LogP contribution in [0.1, 0.15) is 22.6 Å². The minimum absolute atomic E-state index is 0.391. The van der Waals surface area contributed by atoms with E-state index < -0.39 is 0 Å². The van der Waals surface area contributed by atoms with Crippen LogP contribution in [0.3, 0.4) is 0 Å². The third-order valence-electron chi connectivity index (χ3n) is 4.52. The molecule has 0 aliphatic rings. The molecule has 0 aliphatic carbocycles. The third-order valence-corrected chi connectivity index (χ3v) is 4.52. The number of nitrogens with zero attached hydrogens (tertiary/aromatic N) is 3. The summed E-state index contributed by atoms with van der Waals surface area (Å²) in [4.78, 5) is 4.44. The van der Waals surface area contributed by atoms with Crippen LogP contribution in [0.4, 0.5) is 5.69 Å². The Morgan fingerprint density at radius 2 is 1.87 bits per heavy atom. The first-order chi connectivity index (χ1) is 14.7. The van der Waals surface area contributed by atoms with E-state index in [4.69, 9.17) is 14.5 Å². The molecule has 0 unspecified atom stereocenters. The molecular weight excluding hydrogens is 376 g/mol. The maximum absolute atomic E-state index is 9.00. The Morgan fingerprint density at radius 3 is 2.70 bits per heavy atom. The van der Waals surface area contributed by atoms with Crippen molar-refractivity contribution in [2.75, 3.05) is 5.32 Å². The van der Waals surface area contributed by atoms with Crippen molar-refractivity contribution in [1.29, 1.82) is 5.26 Å². The summed E-state index contributed by atoms with van der Waals surface area (Å²) in [6, 6.07) is 25.2. The van der Waals surface area contributed by atoms with Crippen LogP contribution in [0, 0.1) is 18.3 Å². The molecule has 0 fully saturated rings. The number of nitriles is 1. The van der Waals surface area contributed by atoms with E-state index in [1.54, 1.807) is 6.07 Å². The van der Waals surface area contributed by atoms with Gasteiger partial charge in [-0.2, -0.15) is 10.2 Å². The van der Waals surface area contributed by atoms with E-state index in [1.807, 2.05) is 73.7 Å². The molecule has 4 rings (SSSR count). The highest BCUT2D eigenvalue weighted by Crippen LogP contribution is 2.20. The van der Waals surface area contributed by atoms with E-state index in [9.17, 15) is 0 Å². The minimum Gasteiger partial charge on any atom is -0.489 e. The van der Waals surface area contributed by atoms with Crippen LogP contribution >= 0.6 is 0 Å². The van der Waals surface area contributed by atoms with E-state index in [0.29, 0.717) is 30.4 Å². The SMILES string of the molecule is Cc1ccc(-c2noc(CNc3cccc(OCc4cccc(C#N)c4)c3)n2)cc1. The van der Waals surface area contributed by atoms with Crippen molar-refractivity contribution < 1.29 is 9.26 Å². The van der Waals surface area contributed by atoms with Gasteiger partial charge in [-0.3, -0.25) is 0 Å². The van der Waals surface area contributed by atoms with Crippen LogP contribution < -0.4 is 10.1 Å². The Bertz CT molecular complexity index is 1180. The Kier molecular flexibility index (Phi) is 5.72. The van der Waals surface area contributed by atoms with Crippen LogP contribution in [-0.4, -0.2) is 10.1 Å². The van der Waals surface area contributed by atoms with Crippen LogP contribution in [0.2, 0.25) is 0 Å². The fourth-order valence-electron chi connectivity index (χ4n) is 2.92. The number of anilines is 1. The molecule has 0 saturated carbocycles. The number of hydrogen-bond acceptors (Lipinski definition) is 6. The lowest BCUT2D eigenvalue weighted by atomic mass is 10.1. The average molecular weight is 396 g/mol. The zero-order valence-corrected chi connectivity index (χ0v) is 16.5. The summed E-state index contributed by atoms with van der Waals surface area (Å²) in [5.41, 5.74) is 4.56. The molecule has 6 heteroatoms. The Labute approximate surface area is 174 Å². The Morgan fingerprint density at radius 1 is 1.03 bits per heavy atom. The monoisotopic (exact) mass is 396 g/mol. The summed E-state index contributed by atoms with van der Waals surface area (Å²) in [6.45, 7) is 2.84. The van der Waals surface area contributed by atoms with Gasteiger partial charge in [-0.05, 0) is 36.8 Å². The Hall–Kier alpha value is -4.11. The lowest BCUT2D eigenvalue weighted by Crippen LogP contribution is -2.01. The van der Waals surface area contributed by atoms with Crippen LogP contribution in [0.25, 0.3) is 11.4 Å². The largest absolute Gasteiger partial charge is 0.489 e. The number of benzene rings is 3. The van der Waals surface area contributed by atoms with E-state index >= 15 is 0 Å². The number of nitrogens with one attached hydrogen (secondary N) is 1. The lowest BCUT2D eigenvalue weighted by Gasteiger charge is -2.09. The molecule has 4 aromatic rings. The summed E-state index contributed by atoms with van der Waals surface area (Å²) in [5.74, 6) is 1.81. The Balaban J connectivity index is 1.35. The normalized spacial score (nSPS) is 10.4. The van der Waals surface area contributed by atoms with E-state index in [0.717, 1.165) is 22.6 Å². The van der Waals surface area contributed by atoms with Gasteiger partial charge in [-0.15, -0.1) is 0 Å². The standard InChI is InChI=1S/C24H20N4O2/c1-17-8-10-20(11-9-17)24-27-23(30-28-24)15-26-21-6-3-7-22(13-21)29-16-19-5-2-4-18(12-19)14-25/h2-13,26H,15-16H2,1H3. The zero-order valence-electron chi connectivity index (χ0n) is 16.5. The molecule has 0 atom stereocenters. The van der Waals surface area contributed by atoms with Gasteiger partial charge in [0.15, 0.2) is 0 Å². The summed E-state index contributed by atoms with van der Waals surface area (Å²) < 4.78 is 11.2. The average Bonchev–Trinajstić information content (AvgIpc) is 3.26. The van der Waals surface area contributed by atoms with Crippen LogP contribution in [0.15, 0.2) is 77.3 Å². The van der Waals surface area contributed by atoms with Gasteiger partial charge >= 0.3 is 0 Å². The molecule has 1 aromatic heterocycles. The maximum atomic E-state index is 9.00. The molecule has 0 aliphatic heterocycles. The minimum atomic E-state index is 0.391. The molecule has 0 saturated heterocycles. The van der Waals surface area contributed by atoms with Crippen molar-refractivity contribution in [3.63, 3.8) is 0 Å². The van der Waals surface area contributed by atoms with Crippen LogP contribution in [-0.2, 0) is 13.2 Å². The molecule has 0 amide bonds. The molecule has 0 bridgehead atoms. The first kappa shape index (κ1) is 19.2. The van der Waals surface area contributed by atoms with Crippen LogP contribution in [0.5, 0.6) is 5.75 Å². The number of hydrogen-bond donors (Lipinski definition) is 1. The lowest BCUT2D eigenvalue weighted by molar-refractivity contribution is 0.306. The highest BCUT2D eigenvalue weighted by Gasteiger charge is 2.08. The van der Waals surface area contributed by atoms with E-state index in [-0.39, 0.29) is 0 Å². The first-order valence-corrected chi connectivity index (χ1v) is 9.55. The number of ether oxygens (including phenoxy) is 1. The zero-order chi connectivity index (χ0) is 20.8. The topological polar surface area (TPSA) is 84.0 Å². The molecule has 0 radical (unpaired) electrons. The van der Waals surface area contributed by atoms with Crippen molar-refractivity contribution in [2.24, 2.45) is 0 Å². The maximum Gasteiger partial charge on any atom is 0.246 e. The molecular formula is C24H20N4O2. The van der Waals surface area contributed by atoms with E-state index in [1.165, 1.54) is 5.56 Å². The van der Waals surface area contributed by atoms with Gasteiger partial charge in [0.2, 0.25) is 11.7 Å². The highest BCUT2D eigenvalue weighted by molar-refractivity contribution is 5.54. The smallest absolute Gasteiger partial charge is 0.246 e. The van der Waals surface area contributed by atoms with Crippen molar-refractivity contribution in [1.82, 2.24) is 10.1 Å². The molecule has 148 valence electrons. The second-order valence-electron chi connectivity index (χ2n) is 6.86. The predicted octanol–water partition coefficient (Wildman–Crippen LogP) is 5.11. The summed E-state index contributed by atoms with van der Waals surface area (Å²) in [7, 11) is 0. The molecule has 30 heavy (non-hydrogen) atoms. The number of rotatable bonds is 7.